The zero-order chi connectivity index (χ0) is 9.78. The molecule has 0 aliphatic rings. The SMILES string of the molecule is CCCC[Si](I)(C(C)C)C(C)C. The molecule has 0 aromatic carbocycles. The van der Waals surface area contributed by atoms with Crippen LogP contribution in [0.4, 0.5) is 0 Å². The maximum absolute atomic E-state index is 2.82. The second-order valence-corrected chi connectivity index (χ2v) is 15.0. The molecule has 0 bridgehead atoms. The van der Waals surface area contributed by atoms with Crippen LogP contribution in [-0.2, 0) is 0 Å². The van der Waals surface area contributed by atoms with Crippen LogP contribution in [0.25, 0.3) is 0 Å². The number of rotatable bonds is 5. The van der Waals surface area contributed by atoms with E-state index in [1.165, 1.54) is 18.9 Å². The maximum Gasteiger partial charge on any atom is 0.130 e. The predicted octanol–water partition coefficient (Wildman–Crippen LogP) is 4.99. The highest BCUT2D eigenvalue weighted by Gasteiger charge is 2.35. The molecule has 0 unspecified atom stereocenters. The smallest absolute Gasteiger partial charge is 0.118 e. The Balaban J connectivity index is 4.19. The van der Waals surface area contributed by atoms with Gasteiger partial charge in [0.25, 0.3) is 0 Å². The van der Waals surface area contributed by atoms with Crippen LogP contribution < -0.4 is 0 Å². The van der Waals surface area contributed by atoms with Crippen LogP contribution in [0, 0.1) is 0 Å². The largest absolute Gasteiger partial charge is 0.130 e. The van der Waals surface area contributed by atoms with Gasteiger partial charge in [-0.2, -0.15) is 0 Å². The topological polar surface area (TPSA) is 0 Å². The molecular formula is C10H23ISi. The van der Waals surface area contributed by atoms with Crippen LogP contribution in [0.5, 0.6) is 0 Å². The van der Waals surface area contributed by atoms with E-state index in [1.807, 2.05) is 0 Å². The molecule has 74 valence electrons. The van der Waals surface area contributed by atoms with Gasteiger partial charge in [0.05, 0.1) is 0 Å². The first kappa shape index (κ1) is 12.9. The zero-order valence-corrected chi connectivity index (χ0v) is 12.3. The van der Waals surface area contributed by atoms with E-state index >= 15 is 0 Å². The lowest BCUT2D eigenvalue weighted by Crippen LogP contribution is -2.33. The summed E-state index contributed by atoms with van der Waals surface area (Å²) in [6, 6.07) is 1.51. The Morgan fingerprint density at radius 3 is 1.75 bits per heavy atom. The average Bonchev–Trinajstić information content (AvgIpc) is 1.99. The summed E-state index contributed by atoms with van der Waals surface area (Å²) in [7, 11) is 0. The van der Waals surface area contributed by atoms with Gasteiger partial charge in [-0.25, -0.2) is 0 Å². The lowest BCUT2D eigenvalue weighted by atomic mass is 10.4. The van der Waals surface area contributed by atoms with Crippen molar-refractivity contribution in [3.05, 3.63) is 0 Å². The standard InChI is InChI=1S/C10H23ISi/c1-6-7-8-12(11,9(2)3)10(4)5/h9-10H,6-8H2,1-5H3. The fourth-order valence-corrected chi connectivity index (χ4v) is 6.22. The fraction of sp³-hybridized carbons (Fsp3) is 1.00. The normalized spacial score (nSPS) is 13.0. The Morgan fingerprint density at radius 2 is 1.50 bits per heavy atom. The predicted molar refractivity (Wildman–Crippen MR) is 69.7 cm³/mol. The molecule has 2 heteroatoms. The molecule has 0 spiro atoms. The van der Waals surface area contributed by atoms with Crippen molar-refractivity contribution in [1.29, 1.82) is 0 Å². The summed E-state index contributed by atoms with van der Waals surface area (Å²) >= 11 is 2.82. The molecule has 0 rings (SSSR count). The van der Waals surface area contributed by atoms with Crippen molar-refractivity contribution in [2.24, 2.45) is 0 Å². The summed E-state index contributed by atoms with van der Waals surface area (Å²) in [6.45, 7) is 11.9. The molecular weight excluding hydrogens is 275 g/mol. The van der Waals surface area contributed by atoms with Gasteiger partial charge in [0.2, 0.25) is 0 Å². The van der Waals surface area contributed by atoms with E-state index in [-0.39, 0.29) is 0 Å². The van der Waals surface area contributed by atoms with Crippen LogP contribution in [0.15, 0.2) is 0 Å². The number of halogens is 1. The van der Waals surface area contributed by atoms with Crippen LogP contribution in [0.3, 0.4) is 0 Å². The highest BCUT2D eigenvalue weighted by atomic mass is 127. The Bertz CT molecular complexity index is 113. The lowest BCUT2D eigenvalue weighted by molar-refractivity contribution is 0.828. The minimum absolute atomic E-state index is 0.935. The molecule has 0 N–H and O–H groups in total. The van der Waals surface area contributed by atoms with Gasteiger partial charge in [0.1, 0.15) is 5.57 Å². The lowest BCUT2D eigenvalue weighted by Gasteiger charge is -2.33. The molecule has 0 nitrogen and oxygen atoms in total. The van der Waals surface area contributed by atoms with Crippen molar-refractivity contribution in [3.63, 3.8) is 0 Å². The van der Waals surface area contributed by atoms with Gasteiger partial charge in [-0.1, -0.05) is 47.5 Å². The first-order valence-electron chi connectivity index (χ1n) is 5.14. The second-order valence-electron chi connectivity index (χ2n) is 4.34. The van der Waals surface area contributed by atoms with Crippen molar-refractivity contribution in [3.8, 4) is 0 Å². The average molecular weight is 298 g/mol. The van der Waals surface area contributed by atoms with E-state index in [1.54, 1.807) is 0 Å². The van der Waals surface area contributed by atoms with Gasteiger partial charge >= 0.3 is 0 Å². The van der Waals surface area contributed by atoms with E-state index < -0.39 is 5.57 Å². The van der Waals surface area contributed by atoms with Crippen LogP contribution in [-0.4, -0.2) is 5.57 Å². The van der Waals surface area contributed by atoms with E-state index in [4.69, 9.17) is 0 Å². The highest BCUT2D eigenvalue weighted by Crippen LogP contribution is 2.42. The molecule has 0 fully saturated rings. The summed E-state index contributed by atoms with van der Waals surface area (Å²) in [5.41, 5.74) is 0.915. The maximum atomic E-state index is 2.82. The Hall–Kier alpha value is 0.947. The molecule has 12 heavy (non-hydrogen) atoms. The number of unbranched alkanes of at least 4 members (excludes halogenated alkanes) is 1. The molecule has 0 aliphatic heterocycles. The summed E-state index contributed by atoms with van der Waals surface area (Å²) in [5, 5.41) is 0. The van der Waals surface area contributed by atoms with E-state index in [0.717, 1.165) is 11.1 Å². The molecule has 0 saturated heterocycles. The third-order valence-electron chi connectivity index (χ3n) is 2.83. The third-order valence-corrected chi connectivity index (χ3v) is 16.9. The molecule has 0 aromatic rings. The molecule has 0 aliphatic carbocycles. The molecule has 0 aromatic heterocycles. The van der Waals surface area contributed by atoms with Gasteiger partial charge in [0.15, 0.2) is 0 Å². The Morgan fingerprint density at radius 1 is 1.08 bits per heavy atom. The minimum atomic E-state index is -0.955. The molecule has 0 heterocycles. The van der Waals surface area contributed by atoms with E-state index in [2.05, 4.69) is 56.4 Å². The molecule has 0 saturated carbocycles. The Labute approximate surface area is 91.7 Å². The third kappa shape index (κ3) is 3.36. The summed E-state index contributed by atoms with van der Waals surface area (Å²) < 4.78 is 0. The summed E-state index contributed by atoms with van der Waals surface area (Å²) in [6.07, 6.45) is 2.79. The van der Waals surface area contributed by atoms with Gasteiger partial charge in [-0.05, 0) is 17.1 Å². The van der Waals surface area contributed by atoms with Crippen molar-refractivity contribution < 1.29 is 0 Å². The molecule has 0 atom stereocenters. The van der Waals surface area contributed by atoms with E-state index in [9.17, 15) is 0 Å². The van der Waals surface area contributed by atoms with Crippen molar-refractivity contribution in [2.75, 3.05) is 0 Å². The van der Waals surface area contributed by atoms with Gasteiger partial charge in [-0.3, -0.25) is 0 Å². The Kier molecular flexibility index (Phi) is 6.07. The van der Waals surface area contributed by atoms with Crippen molar-refractivity contribution in [1.82, 2.24) is 0 Å². The van der Waals surface area contributed by atoms with Crippen molar-refractivity contribution >= 4 is 27.4 Å². The van der Waals surface area contributed by atoms with Crippen LogP contribution >= 0.6 is 21.8 Å². The van der Waals surface area contributed by atoms with Gasteiger partial charge in [-0.15, -0.1) is 21.8 Å². The van der Waals surface area contributed by atoms with Crippen LogP contribution in [0.2, 0.25) is 17.1 Å². The minimum Gasteiger partial charge on any atom is -0.118 e. The number of hydrogen-bond acceptors (Lipinski definition) is 0. The van der Waals surface area contributed by atoms with Crippen molar-refractivity contribution in [2.45, 2.75) is 64.6 Å². The number of hydrogen-bond donors (Lipinski definition) is 0. The molecule has 0 amide bonds. The summed E-state index contributed by atoms with van der Waals surface area (Å²) in [5.74, 6) is 0. The quantitative estimate of drug-likeness (QED) is 0.381. The highest BCUT2D eigenvalue weighted by molar-refractivity contribution is 14.1. The fourth-order valence-electron chi connectivity index (χ4n) is 1.69. The molecule has 0 radical (unpaired) electrons. The van der Waals surface area contributed by atoms with Gasteiger partial charge < -0.3 is 0 Å². The first-order chi connectivity index (χ1) is 5.45. The summed E-state index contributed by atoms with van der Waals surface area (Å²) in [4.78, 5) is 0. The van der Waals surface area contributed by atoms with E-state index in [0.29, 0.717) is 0 Å². The first-order valence-corrected chi connectivity index (χ1v) is 10.6. The second kappa shape index (κ2) is 5.63. The monoisotopic (exact) mass is 298 g/mol. The van der Waals surface area contributed by atoms with Gasteiger partial charge in [0, 0.05) is 0 Å². The zero-order valence-electron chi connectivity index (χ0n) is 9.15. The van der Waals surface area contributed by atoms with Crippen LogP contribution in [0.1, 0.15) is 47.5 Å².